The zero-order chi connectivity index (χ0) is 9.84. The van der Waals surface area contributed by atoms with Crippen molar-refractivity contribution in [3.05, 3.63) is 33.6 Å². The van der Waals surface area contributed by atoms with Crippen LogP contribution in [0.3, 0.4) is 0 Å². The summed E-state index contributed by atoms with van der Waals surface area (Å²) in [5.74, 6) is 0. The van der Waals surface area contributed by atoms with Crippen molar-refractivity contribution in [2.75, 3.05) is 5.73 Å². The summed E-state index contributed by atoms with van der Waals surface area (Å²) in [6, 6.07) is 0. The first-order valence-corrected chi connectivity index (χ1v) is 3.75. The minimum absolute atomic E-state index is 0.0252. The lowest BCUT2D eigenvalue weighted by molar-refractivity contribution is -0.384. The molecular weight excluding hydrogens is 194 g/mol. The van der Waals surface area contributed by atoms with E-state index in [0.717, 1.165) is 0 Å². The highest BCUT2D eigenvalue weighted by Crippen LogP contribution is 2.25. The van der Waals surface area contributed by atoms with Gasteiger partial charge in [-0.05, 0) is 6.08 Å². The molecule has 5 nitrogen and oxygen atoms in total. The maximum Gasteiger partial charge on any atom is 0.302 e. The second-order valence-electron chi connectivity index (χ2n) is 2.22. The number of hydrogen-bond donors (Lipinski definition) is 1. The van der Waals surface area contributed by atoms with Crippen molar-refractivity contribution in [3.8, 4) is 0 Å². The van der Waals surface area contributed by atoms with Gasteiger partial charge in [0.1, 0.15) is 5.69 Å². The summed E-state index contributed by atoms with van der Waals surface area (Å²) in [5, 5.41) is 10.5. The molecule has 1 aromatic heterocycles. The van der Waals surface area contributed by atoms with Gasteiger partial charge in [-0.1, -0.05) is 11.6 Å². The number of hydrogen-bond acceptors (Lipinski definition) is 4. The largest absolute Gasteiger partial charge is 0.392 e. The molecule has 1 heterocycles. The molecule has 0 amide bonds. The Kier molecular flexibility index (Phi) is 2.81. The molecule has 0 aliphatic heterocycles. The van der Waals surface area contributed by atoms with Crippen molar-refractivity contribution >= 4 is 29.1 Å². The predicted molar refractivity (Wildman–Crippen MR) is 50.2 cm³/mol. The lowest BCUT2D eigenvalue weighted by atomic mass is 10.2. The van der Waals surface area contributed by atoms with Crippen LogP contribution in [0.5, 0.6) is 0 Å². The Morgan fingerprint density at radius 3 is 2.85 bits per heavy atom. The van der Waals surface area contributed by atoms with Gasteiger partial charge in [0.15, 0.2) is 0 Å². The fraction of sp³-hybridized carbons (Fsp3) is 0. The molecule has 1 rings (SSSR count). The summed E-state index contributed by atoms with van der Waals surface area (Å²) in [5.41, 5.74) is 6.68. The van der Waals surface area contributed by atoms with Crippen LogP contribution >= 0.6 is 11.6 Å². The molecule has 0 saturated heterocycles. The zero-order valence-corrected chi connectivity index (χ0v) is 7.23. The maximum atomic E-state index is 10.5. The minimum Gasteiger partial charge on any atom is -0.392 e. The number of anilines is 1. The van der Waals surface area contributed by atoms with Gasteiger partial charge in [-0.3, -0.25) is 15.1 Å². The van der Waals surface area contributed by atoms with Gasteiger partial charge in [0, 0.05) is 11.7 Å². The number of halogens is 1. The van der Waals surface area contributed by atoms with E-state index in [1.807, 2.05) is 0 Å². The first-order chi connectivity index (χ1) is 6.16. The number of rotatable bonds is 2. The molecule has 13 heavy (non-hydrogen) atoms. The van der Waals surface area contributed by atoms with Crippen molar-refractivity contribution in [2.24, 2.45) is 0 Å². The average Bonchev–Trinajstić information content (AvgIpc) is 2.04. The molecular formula is C7H6ClN3O2. The number of nitro groups is 1. The van der Waals surface area contributed by atoms with Gasteiger partial charge >= 0.3 is 5.69 Å². The normalized spacial score (nSPS) is 10.5. The third-order valence-electron chi connectivity index (χ3n) is 1.40. The van der Waals surface area contributed by atoms with Crippen LogP contribution in [0.15, 0.2) is 17.9 Å². The molecule has 0 aromatic carbocycles. The van der Waals surface area contributed by atoms with Crippen molar-refractivity contribution in [2.45, 2.75) is 0 Å². The molecule has 2 N–H and O–H groups in total. The molecule has 6 heteroatoms. The summed E-state index contributed by atoms with van der Waals surface area (Å²) in [4.78, 5) is 13.7. The summed E-state index contributed by atoms with van der Waals surface area (Å²) in [6.45, 7) is 0. The van der Waals surface area contributed by atoms with Crippen molar-refractivity contribution in [1.29, 1.82) is 0 Å². The van der Waals surface area contributed by atoms with Crippen LogP contribution in [0.4, 0.5) is 11.4 Å². The van der Waals surface area contributed by atoms with E-state index in [-0.39, 0.29) is 11.4 Å². The quantitative estimate of drug-likeness (QED) is 0.581. The second-order valence-corrected chi connectivity index (χ2v) is 2.47. The average molecular weight is 200 g/mol. The highest BCUT2D eigenvalue weighted by molar-refractivity contribution is 6.27. The van der Waals surface area contributed by atoms with Gasteiger partial charge in [-0.2, -0.15) is 0 Å². The summed E-state index contributed by atoms with van der Waals surface area (Å²) >= 11 is 5.29. The second kappa shape index (κ2) is 3.86. The van der Waals surface area contributed by atoms with Crippen LogP contribution in [0.2, 0.25) is 0 Å². The number of nitrogen functional groups attached to an aromatic ring is 1. The van der Waals surface area contributed by atoms with E-state index in [1.54, 1.807) is 0 Å². The summed E-state index contributed by atoms with van der Waals surface area (Å²) in [6.07, 6.45) is 3.92. The molecule has 0 aliphatic rings. The smallest absolute Gasteiger partial charge is 0.302 e. The van der Waals surface area contributed by atoms with E-state index in [2.05, 4.69) is 4.98 Å². The monoisotopic (exact) mass is 199 g/mol. The number of aromatic nitrogens is 1. The molecule has 0 spiro atoms. The van der Waals surface area contributed by atoms with Crippen molar-refractivity contribution in [1.82, 2.24) is 4.98 Å². The van der Waals surface area contributed by atoms with E-state index in [9.17, 15) is 10.1 Å². The van der Waals surface area contributed by atoms with Crippen molar-refractivity contribution < 1.29 is 4.92 Å². The van der Waals surface area contributed by atoms with E-state index < -0.39 is 4.92 Å². The van der Waals surface area contributed by atoms with Crippen LogP contribution in [-0.4, -0.2) is 9.91 Å². The predicted octanol–water partition coefficient (Wildman–Crippen LogP) is 1.78. The lowest BCUT2D eigenvalue weighted by Gasteiger charge is -1.98. The molecule has 0 fully saturated rings. The summed E-state index contributed by atoms with van der Waals surface area (Å²) in [7, 11) is 0. The Balaban J connectivity index is 3.34. The van der Waals surface area contributed by atoms with Crippen LogP contribution in [0.1, 0.15) is 5.56 Å². The van der Waals surface area contributed by atoms with E-state index in [1.165, 1.54) is 24.0 Å². The number of nitrogens with two attached hydrogens (primary N) is 1. The molecule has 0 saturated carbocycles. The molecule has 0 radical (unpaired) electrons. The van der Waals surface area contributed by atoms with E-state index in [4.69, 9.17) is 17.3 Å². The van der Waals surface area contributed by atoms with Crippen molar-refractivity contribution in [3.63, 3.8) is 0 Å². The first-order valence-electron chi connectivity index (χ1n) is 3.31. The maximum absolute atomic E-state index is 10.5. The summed E-state index contributed by atoms with van der Waals surface area (Å²) < 4.78 is 0. The van der Waals surface area contributed by atoms with Crippen LogP contribution in [0, 0.1) is 10.1 Å². The molecule has 68 valence electrons. The minimum atomic E-state index is -0.566. The number of pyridine rings is 1. The van der Waals surface area contributed by atoms with Crippen LogP contribution in [0.25, 0.3) is 6.08 Å². The Bertz CT molecular complexity index is 365. The lowest BCUT2D eigenvalue weighted by Crippen LogP contribution is -1.98. The molecule has 0 unspecified atom stereocenters. The van der Waals surface area contributed by atoms with Gasteiger partial charge in [0.2, 0.25) is 0 Å². The van der Waals surface area contributed by atoms with Gasteiger partial charge in [-0.25, -0.2) is 0 Å². The molecule has 1 aromatic rings. The van der Waals surface area contributed by atoms with E-state index in [0.29, 0.717) is 5.56 Å². The topological polar surface area (TPSA) is 82.0 Å². The Morgan fingerprint density at radius 1 is 1.62 bits per heavy atom. The SMILES string of the molecule is Nc1cncc(/C=C/Cl)c1[N+](=O)[O-]. The Labute approximate surface area is 79.0 Å². The highest BCUT2D eigenvalue weighted by Gasteiger charge is 2.15. The van der Waals surface area contributed by atoms with Gasteiger partial charge < -0.3 is 5.73 Å². The van der Waals surface area contributed by atoms with Gasteiger partial charge in [0.25, 0.3) is 0 Å². The van der Waals surface area contributed by atoms with Gasteiger partial charge in [0.05, 0.1) is 16.7 Å². The van der Waals surface area contributed by atoms with Gasteiger partial charge in [-0.15, -0.1) is 0 Å². The van der Waals surface area contributed by atoms with E-state index >= 15 is 0 Å². The standard InChI is InChI=1S/C7H6ClN3O2/c8-2-1-5-3-10-4-6(9)7(5)11(12)13/h1-4H,9H2/b2-1+. The molecule has 0 aliphatic carbocycles. The molecule has 0 bridgehead atoms. The fourth-order valence-electron chi connectivity index (χ4n) is 0.887. The number of nitrogens with zero attached hydrogens (tertiary/aromatic N) is 2. The third kappa shape index (κ3) is 1.94. The van der Waals surface area contributed by atoms with Crippen LogP contribution < -0.4 is 5.73 Å². The first kappa shape index (κ1) is 9.47. The zero-order valence-electron chi connectivity index (χ0n) is 6.48. The Morgan fingerprint density at radius 2 is 2.31 bits per heavy atom. The van der Waals surface area contributed by atoms with Crippen LogP contribution in [-0.2, 0) is 0 Å². The Hall–Kier alpha value is -1.62. The highest BCUT2D eigenvalue weighted by atomic mass is 35.5. The fourth-order valence-corrected chi connectivity index (χ4v) is 1.02. The third-order valence-corrected chi connectivity index (χ3v) is 1.53. The molecule has 0 atom stereocenters.